The third-order valence-electron chi connectivity index (χ3n) is 1.89. The van der Waals surface area contributed by atoms with Gasteiger partial charge in [0.2, 0.25) is 0 Å². The summed E-state index contributed by atoms with van der Waals surface area (Å²) in [6.07, 6.45) is -2.73. The molecule has 1 aromatic heterocycles. The van der Waals surface area contributed by atoms with E-state index in [2.05, 4.69) is 14.1 Å². The largest absolute Gasteiger partial charge is 0.573 e. The number of ether oxygens (including phenoxy) is 2. The number of carbonyl (C=O) groups is 1. The minimum atomic E-state index is -4.81. The summed E-state index contributed by atoms with van der Waals surface area (Å²) >= 11 is 0. The van der Waals surface area contributed by atoms with Crippen molar-refractivity contribution in [2.24, 2.45) is 0 Å². The molecule has 0 saturated carbocycles. The third kappa shape index (κ3) is 3.73. The second-order valence-corrected chi connectivity index (χ2v) is 3.29. The van der Waals surface area contributed by atoms with Gasteiger partial charge >= 0.3 is 12.3 Å². The molecule has 0 amide bonds. The van der Waals surface area contributed by atoms with Gasteiger partial charge in [-0.3, -0.25) is 0 Å². The average Bonchev–Trinajstić information content (AvgIpc) is 2.80. The predicted octanol–water partition coefficient (Wildman–Crippen LogP) is 2.79. The van der Waals surface area contributed by atoms with Crippen LogP contribution < -0.4 is 9.47 Å². The fraction of sp³-hybridized carbons (Fsp3) is 0.0909. The van der Waals surface area contributed by atoms with E-state index in [0.29, 0.717) is 0 Å². The monoisotopic (exact) mass is 273 g/mol. The molecule has 0 aliphatic heterocycles. The molecule has 1 heterocycles. The number of benzene rings is 1. The summed E-state index contributed by atoms with van der Waals surface area (Å²) in [5, 5.41) is 0. The van der Waals surface area contributed by atoms with Crippen molar-refractivity contribution in [2.75, 3.05) is 0 Å². The highest BCUT2D eigenvalue weighted by Crippen LogP contribution is 2.26. The molecule has 2 rings (SSSR count). The van der Waals surface area contributed by atoms with Gasteiger partial charge in [0.05, 0.1) is 0 Å². The number of alkyl halides is 3. The van der Waals surface area contributed by atoms with Gasteiger partial charge in [-0.2, -0.15) is 0 Å². The summed E-state index contributed by atoms with van der Waals surface area (Å²) in [7, 11) is 0. The maximum absolute atomic E-state index is 12.0. The topological polar surface area (TPSA) is 61.6 Å². The van der Waals surface area contributed by atoms with E-state index in [9.17, 15) is 18.0 Å². The van der Waals surface area contributed by atoms with Gasteiger partial charge in [-0.1, -0.05) is 6.07 Å². The Morgan fingerprint density at radius 1 is 1.26 bits per heavy atom. The molecule has 1 aromatic carbocycles. The highest BCUT2D eigenvalue weighted by molar-refractivity contribution is 5.88. The number of aromatic nitrogens is 1. The number of hydrogen-bond donors (Lipinski definition) is 0. The molecule has 0 aliphatic rings. The number of rotatable bonds is 3. The Hall–Kier alpha value is -2.51. The molecule has 0 N–H and O–H groups in total. The van der Waals surface area contributed by atoms with Gasteiger partial charge in [0.25, 0.3) is 0 Å². The van der Waals surface area contributed by atoms with Crippen molar-refractivity contribution in [1.82, 2.24) is 4.98 Å². The van der Waals surface area contributed by atoms with Gasteiger partial charge in [0.15, 0.2) is 12.1 Å². The standard InChI is InChI=1S/C11H6F3NO4/c12-11(13,14)19-8-3-1-2-7(4-8)18-10(16)9-5-17-6-15-9/h1-6H. The first-order valence-corrected chi connectivity index (χ1v) is 4.90. The van der Waals surface area contributed by atoms with Gasteiger partial charge in [0, 0.05) is 6.07 Å². The number of oxazole rings is 1. The van der Waals surface area contributed by atoms with E-state index in [1.54, 1.807) is 0 Å². The Labute approximate surface area is 104 Å². The lowest BCUT2D eigenvalue weighted by atomic mass is 10.3. The number of nitrogens with zero attached hydrogens (tertiary/aromatic N) is 1. The SMILES string of the molecule is O=C(Oc1cccc(OC(F)(F)F)c1)c1cocn1. The van der Waals surface area contributed by atoms with Crippen molar-refractivity contribution in [3.8, 4) is 11.5 Å². The van der Waals surface area contributed by atoms with Crippen LogP contribution in [-0.4, -0.2) is 17.3 Å². The van der Waals surface area contributed by atoms with Crippen molar-refractivity contribution in [3.05, 3.63) is 42.6 Å². The van der Waals surface area contributed by atoms with E-state index < -0.39 is 18.1 Å². The number of esters is 1. The molecule has 2 aromatic rings. The lowest BCUT2D eigenvalue weighted by Gasteiger charge is -2.09. The van der Waals surface area contributed by atoms with Crippen LogP contribution in [0, 0.1) is 0 Å². The van der Waals surface area contributed by atoms with Crippen LogP contribution in [0.25, 0.3) is 0 Å². The predicted molar refractivity (Wildman–Crippen MR) is 54.6 cm³/mol. The van der Waals surface area contributed by atoms with Crippen LogP contribution >= 0.6 is 0 Å². The molecule has 0 atom stereocenters. The third-order valence-corrected chi connectivity index (χ3v) is 1.89. The lowest BCUT2D eigenvalue weighted by Crippen LogP contribution is -2.17. The Bertz CT molecular complexity index is 566. The fourth-order valence-electron chi connectivity index (χ4n) is 1.21. The molecule has 0 spiro atoms. The average molecular weight is 273 g/mol. The van der Waals surface area contributed by atoms with Gasteiger partial charge in [0.1, 0.15) is 17.8 Å². The molecular weight excluding hydrogens is 267 g/mol. The number of halogens is 3. The lowest BCUT2D eigenvalue weighted by molar-refractivity contribution is -0.274. The quantitative estimate of drug-likeness (QED) is 0.635. The maximum atomic E-state index is 12.0. The van der Waals surface area contributed by atoms with Crippen LogP contribution in [0.3, 0.4) is 0 Å². The van der Waals surface area contributed by atoms with Crippen LogP contribution in [0.1, 0.15) is 10.5 Å². The van der Waals surface area contributed by atoms with Gasteiger partial charge in [-0.05, 0) is 12.1 Å². The fourth-order valence-corrected chi connectivity index (χ4v) is 1.21. The Balaban J connectivity index is 2.09. The molecule has 19 heavy (non-hydrogen) atoms. The Morgan fingerprint density at radius 2 is 2.00 bits per heavy atom. The Morgan fingerprint density at radius 3 is 2.63 bits per heavy atom. The minimum absolute atomic E-state index is 0.0952. The molecule has 0 unspecified atom stereocenters. The van der Waals surface area contributed by atoms with Crippen molar-refractivity contribution < 1.29 is 31.9 Å². The van der Waals surface area contributed by atoms with Crippen LogP contribution in [0.15, 0.2) is 41.3 Å². The zero-order chi connectivity index (χ0) is 13.9. The summed E-state index contributed by atoms with van der Waals surface area (Å²) in [6.45, 7) is 0. The van der Waals surface area contributed by atoms with Gasteiger partial charge in [-0.15, -0.1) is 13.2 Å². The highest BCUT2D eigenvalue weighted by atomic mass is 19.4. The summed E-state index contributed by atoms with van der Waals surface area (Å²) in [6, 6.07) is 4.58. The van der Waals surface area contributed by atoms with E-state index in [1.807, 2.05) is 0 Å². The minimum Gasteiger partial charge on any atom is -0.451 e. The molecule has 8 heteroatoms. The first kappa shape index (κ1) is 12.9. The van der Waals surface area contributed by atoms with Crippen LogP contribution in [0.5, 0.6) is 11.5 Å². The number of carbonyl (C=O) groups excluding carboxylic acids is 1. The zero-order valence-electron chi connectivity index (χ0n) is 9.18. The molecule has 100 valence electrons. The Kier molecular flexibility index (Phi) is 3.41. The smallest absolute Gasteiger partial charge is 0.451 e. The highest BCUT2D eigenvalue weighted by Gasteiger charge is 2.31. The summed E-state index contributed by atoms with van der Waals surface area (Å²) in [4.78, 5) is 15.0. The molecule has 0 saturated heterocycles. The van der Waals surface area contributed by atoms with Crippen LogP contribution in [0.2, 0.25) is 0 Å². The first-order valence-electron chi connectivity index (χ1n) is 4.90. The zero-order valence-corrected chi connectivity index (χ0v) is 9.18. The summed E-state index contributed by atoms with van der Waals surface area (Å²) < 4.78 is 49.1. The van der Waals surface area contributed by atoms with Gasteiger partial charge < -0.3 is 13.9 Å². The van der Waals surface area contributed by atoms with Gasteiger partial charge in [-0.25, -0.2) is 9.78 Å². The van der Waals surface area contributed by atoms with Crippen molar-refractivity contribution in [2.45, 2.75) is 6.36 Å². The molecule has 5 nitrogen and oxygen atoms in total. The van der Waals surface area contributed by atoms with Crippen molar-refractivity contribution in [3.63, 3.8) is 0 Å². The summed E-state index contributed by atoms with van der Waals surface area (Å²) in [5.74, 6) is -1.44. The normalized spacial score (nSPS) is 11.1. The van der Waals surface area contributed by atoms with Crippen LogP contribution in [-0.2, 0) is 0 Å². The maximum Gasteiger partial charge on any atom is 0.573 e. The molecule has 0 bridgehead atoms. The van der Waals surface area contributed by atoms with Crippen LogP contribution in [0.4, 0.5) is 13.2 Å². The molecule has 0 fully saturated rings. The number of hydrogen-bond acceptors (Lipinski definition) is 5. The molecular formula is C11H6F3NO4. The van der Waals surface area contributed by atoms with E-state index in [0.717, 1.165) is 24.8 Å². The first-order chi connectivity index (χ1) is 8.94. The van der Waals surface area contributed by atoms with E-state index in [1.165, 1.54) is 12.1 Å². The van der Waals surface area contributed by atoms with Crippen molar-refractivity contribution in [1.29, 1.82) is 0 Å². The molecule has 0 aliphatic carbocycles. The molecule has 0 radical (unpaired) electrons. The van der Waals surface area contributed by atoms with E-state index in [-0.39, 0.29) is 11.4 Å². The summed E-state index contributed by atoms with van der Waals surface area (Å²) in [5.41, 5.74) is -0.0952. The second kappa shape index (κ2) is 5.01. The van der Waals surface area contributed by atoms with E-state index in [4.69, 9.17) is 4.74 Å². The van der Waals surface area contributed by atoms with Crippen molar-refractivity contribution >= 4 is 5.97 Å². The second-order valence-electron chi connectivity index (χ2n) is 3.29. The van der Waals surface area contributed by atoms with E-state index >= 15 is 0 Å².